The van der Waals surface area contributed by atoms with Gasteiger partial charge in [-0.3, -0.25) is 9.59 Å². The van der Waals surface area contributed by atoms with Gasteiger partial charge in [0.15, 0.2) is 0 Å². The molecule has 3 aromatic rings. The number of aromatic amines is 1. The Morgan fingerprint density at radius 2 is 2.03 bits per heavy atom. The summed E-state index contributed by atoms with van der Waals surface area (Å²) in [6, 6.07) is 9.88. The Labute approximate surface area is 238 Å². The Morgan fingerprint density at radius 3 is 2.74 bits per heavy atom. The average Bonchev–Trinajstić information content (AvgIpc) is 3.48. The summed E-state index contributed by atoms with van der Waals surface area (Å²) >= 11 is 11.1. The molecule has 4 rings (SSSR count). The van der Waals surface area contributed by atoms with Crippen LogP contribution in [0.4, 0.5) is 4.79 Å². The maximum Gasteiger partial charge on any atom is 0.407 e. The first-order chi connectivity index (χ1) is 17.9. The lowest BCUT2D eigenvalue weighted by atomic mass is 10.1. The molecule has 2 heterocycles. The largest absolute Gasteiger partial charge is 0.444 e. The van der Waals surface area contributed by atoms with Crippen molar-refractivity contribution in [3.05, 3.63) is 62.8 Å². The molecule has 0 saturated carbocycles. The van der Waals surface area contributed by atoms with Gasteiger partial charge in [-0.2, -0.15) is 0 Å². The van der Waals surface area contributed by atoms with E-state index in [0.29, 0.717) is 33.0 Å². The van der Waals surface area contributed by atoms with Gasteiger partial charge in [0.2, 0.25) is 0 Å². The molecule has 12 heteroatoms. The molecule has 38 heavy (non-hydrogen) atoms. The maximum atomic E-state index is 13.3. The number of halogens is 2. The highest BCUT2D eigenvalue weighted by Crippen LogP contribution is 2.28. The van der Waals surface area contributed by atoms with E-state index in [0.717, 1.165) is 16.8 Å². The summed E-state index contributed by atoms with van der Waals surface area (Å²) in [4.78, 5) is 47.7. The van der Waals surface area contributed by atoms with Crippen molar-refractivity contribution in [1.29, 1.82) is 0 Å². The Bertz CT molecular complexity index is 1380. The molecule has 3 amide bonds. The van der Waals surface area contributed by atoms with Crippen LogP contribution in [0.15, 0.2) is 40.9 Å². The number of rotatable bonds is 6. The predicted molar refractivity (Wildman–Crippen MR) is 153 cm³/mol. The van der Waals surface area contributed by atoms with Crippen LogP contribution in [0.1, 0.15) is 60.3 Å². The lowest BCUT2D eigenvalue weighted by Gasteiger charge is -2.26. The van der Waals surface area contributed by atoms with E-state index in [1.54, 1.807) is 67.8 Å². The van der Waals surface area contributed by atoms with E-state index < -0.39 is 11.7 Å². The van der Waals surface area contributed by atoms with E-state index >= 15 is 0 Å². The highest BCUT2D eigenvalue weighted by molar-refractivity contribution is 9.10. The van der Waals surface area contributed by atoms with Crippen molar-refractivity contribution >= 4 is 68.2 Å². The minimum atomic E-state index is -0.598. The monoisotopic (exact) mass is 621 g/mol. The molecule has 2 atom stereocenters. The van der Waals surface area contributed by atoms with Gasteiger partial charge in [-0.1, -0.05) is 11.6 Å². The lowest BCUT2D eigenvalue weighted by molar-refractivity contribution is 0.0511. The zero-order valence-corrected chi connectivity index (χ0v) is 24.6. The number of hydrogen-bond acceptors (Lipinski definition) is 6. The van der Waals surface area contributed by atoms with Gasteiger partial charge >= 0.3 is 6.09 Å². The molecule has 1 aliphatic heterocycles. The third-order valence-corrected chi connectivity index (χ3v) is 7.87. The predicted octanol–water partition coefficient (Wildman–Crippen LogP) is 5.51. The van der Waals surface area contributed by atoms with Crippen LogP contribution in [-0.4, -0.2) is 62.6 Å². The van der Waals surface area contributed by atoms with Crippen LogP contribution in [0.2, 0.25) is 5.02 Å². The topological polar surface area (TPSA) is 116 Å². The van der Waals surface area contributed by atoms with Crippen LogP contribution < -0.4 is 10.6 Å². The van der Waals surface area contributed by atoms with Crippen molar-refractivity contribution < 1.29 is 19.1 Å². The number of carbonyl (C=O) groups is 3. The van der Waals surface area contributed by atoms with Gasteiger partial charge in [0, 0.05) is 27.4 Å². The Hall–Kier alpha value is -2.76. The molecule has 0 radical (unpaired) electrons. The first kappa shape index (κ1) is 28.3. The van der Waals surface area contributed by atoms with Crippen LogP contribution in [0.5, 0.6) is 0 Å². The summed E-state index contributed by atoms with van der Waals surface area (Å²) in [5.41, 5.74) is 1.79. The number of fused-ring (bicyclic) bond motifs is 1. The Balaban J connectivity index is 1.39. The van der Waals surface area contributed by atoms with Crippen LogP contribution >= 0.6 is 39.3 Å². The standard InChI is InChI=1S/C26H29BrClN5O4S/c1-14(22-31-19-8-6-16(28)12-20(19)32-22)30-23(34)15-5-7-17(18(27)11-15)24(35)33-9-10-38-21(33)13-29-25(36)37-26(2,3)4/h5-8,11-12,14,21H,9-10,13H2,1-4H3,(H,29,36)(H,30,34)(H,31,32)/t14-,21-/m0/s1. The maximum absolute atomic E-state index is 13.3. The molecule has 0 unspecified atom stereocenters. The van der Waals surface area contributed by atoms with Crippen LogP contribution in [-0.2, 0) is 4.74 Å². The first-order valence-corrected chi connectivity index (χ1v) is 14.3. The number of hydrogen-bond donors (Lipinski definition) is 3. The number of amides is 3. The summed E-state index contributed by atoms with van der Waals surface area (Å²) < 4.78 is 5.80. The van der Waals surface area contributed by atoms with Gasteiger partial charge in [-0.15, -0.1) is 11.8 Å². The number of H-pyrrole nitrogens is 1. The van der Waals surface area contributed by atoms with Crippen molar-refractivity contribution in [2.24, 2.45) is 0 Å². The number of ether oxygens (including phenoxy) is 1. The number of carbonyl (C=O) groups excluding carboxylic acids is 3. The summed E-state index contributed by atoms with van der Waals surface area (Å²) in [6.07, 6.45) is -0.519. The molecule has 1 saturated heterocycles. The van der Waals surface area contributed by atoms with E-state index in [9.17, 15) is 14.4 Å². The van der Waals surface area contributed by atoms with Crippen molar-refractivity contribution in [3.63, 3.8) is 0 Å². The number of benzene rings is 2. The van der Waals surface area contributed by atoms with Crippen LogP contribution in [0.25, 0.3) is 11.0 Å². The summed E-state index contributed by atoms with van der Waals surface area (Å²) in [5, 5.41) is 6.05. The minimum absolute atomic E-state index is 0.181. The van der Waals surface area contributed by atoms with Crippen LogP contribution in [0.3, 0.4) is 0 Å². The second-order valence-corrected chi connectivity index (χ2v) is 12.5. The van der Waals surface area contributed by atoms with Crippen molar-refractivity contribution in [3.8, 4) is 0 Å². The smallest absolute Gasteiger partial charge is 0.407 e. The lowest BCUT2D eigenvalue weighted by Crippen LogP contribution is -2.43. The molecule has 9 nitrogen and oxygen atoms in total. The van der Waals surface area contributed by atoms with Gasteiger partial charge in [0.05, 0.1) is 34.6 Å². The highest BCUT2D eigenvalue weighted by atomic mass is 79.9. The molecule has 1 aliphatic rings. The third kappa shape index (κ3) is 6.81. The van der Waals surface area contributed by atoms with E-state index in [2.05, 4.69) is 36.5 Å². The quantitative estimate of drug-likeness (QED) is 0.334. The SMILES string of the molecule is C[C@H](NC(=O)c1ccc(C(=O)N2CCS[C@H]2CNC(=O)OC(C)(C)C)c(Br)c1)c1nc2cc(Cl)ccc2[nH]1. The number of aromatic nitrogens is 2. The number of imidazole rings is 1. The Morgan fingerprint density at radius 1 is 1.26 bits per heavy atom. The minimum Gasteiger partial charge on any atom is -0.444 e. The van der Waals surface area contributed by atoms with Crippen molar-refractivity contribution in [2.45, 2.75) is 44.7 Å². The normalized spacial score (nSPS) is 16.4. The molecule has 0 bridgehead atoms. The third-order valence-electron chi connectivity index (χ3n) is 5.75. The van der Waals surface area contributed by atoms with Gasteiger partial charge in [0.25, 0.3) is 11.8 Å². The molecule has 1 aromatic heterocycles. The van der Waals surface area contributed by atoms with E-state index in [4.69, 9.17) is 16.3 Å². The van der Waals surface area contributed by atoms with Crippen LogP contribution in [0, 0.1) is 0 Å². The van der Waals surface area contributed by atoms with Crippen molar-refractivity contribution in [1.82, 2.24) is 25.5 Å². The first-order valence-electron chi connectivity index (χ1n) is 12.1. The zero-order valence-electron chi connectivity index (χ0n) is 21.4. The average molecular weight is 623 g/mol. The second-order valence-electron chi connectivity index (χ2n) is 9.88. The van der Waals surface area contributed by atoms with Gasteiger partial charge in [-0.25, -0.2) is 9.78 Å². The number of nitrogens with zero attached hydrogens (tertiary/aromatic N) is 2. The number of thioether (sulfide) groups is 1. The van der Waals surface area contributed by atoms with Crippen molar-refractivity contribution in [2.75, 3.05) is 18.8 Å². The molecule has 0 spiro atoms. The van der Waals surface area contributed by atoms with E-state index in [1.807, 2.05) is 13.0 Å². The van der Waals surface area contributed by atoms with Gasteiger partial charge < -0.3 is 25.3 Å². The summed E-state index contributed by atoms with van der Waals surface area (Å²) in [6.45, 7) is 8.05. The molecule has 2 aromatic carbocycles. The number of alkyl carbamates (subject to hydrolysis) is 1. The molecular formula is C26H29BrClN5O4S. The second kappa shape index (κ2) is 11.5. The van der Waals surface area contributed by atoms with E-state index in [1.165, 1.54) is 0 Å². The highest BCUT2D eigenvalue weighted by Gasteiger charge is 2.32. The molecule has 202 valence electrons. The molecule has 0 aliphatic carbocycles. The van der Waals surface area contributed by atoms with Gasteiger partial charge in [-0.05, 0) is 80.0 Å². The fourth-order valence-electron chi connectivity index (χ4n) is 3.94. The van der Waals surface area contributed by atoms with Gasteiger partial charge in [0.1, 0.15) is 11.4 Å². The molecular weight excluding hydrogens is 594 g/mol. The molecule has 1 fully saturated rings. The summed E-state index contributed by atoms with van der Waals surface area (Å²) in [5.74, 6) is 0.890. The van der Waals surface area contributed by atoms with E-state index in [-0.39, 0.29) is 29.8 Å². The number of nitrogens with one attached hydrogen (secondary N) is 3. The fourth-order valence-corrected chi connectivity index (χ4v) is 5.82. The molecule has 3 N–H and O–H groups in total. The Kier molecular flexibility index (Phi) is 8.59. The summed E-state index contributed by atoms with van der Waals surface area (Å²) in [7, 11) is 0. The fraction of sp³-hybridized carbons (Fsp3) is 0.385. The zero-order chi connectivity index (χ0) is 27.6.